The van der Waals surface area contributed by atoms with E-state index in [9.17, 15) is 9.59 Å². The smallest absolute Gasteiger partial charge is 0.338 e. The van der Waals surface area contributed by atoms with Gasteiger partial charge in [0.25, 0.3) is 0 Å². The number of hydrogen-bond acceptors (Lipinski definition) is 5. The van der Waals surface area contributed by atoms with E-state index in [0.717, 1.165) is 25.0 Å². The summed E-state index contributed by atoms with van der Waals surface area (Å²) < 4.78 is 3.97. The van der Waals surface area contributed by atoms with Gasteiger partial charge in [0.1, 0.15) is 0 Å². The fraction of sp³-hybridized carbons (Fsp3) is 0.692. The largest absolute Gasteiger partial charge is 0.387 e. The zero-order valence-corrected chi connectivity index (χ0v) is 11.4. The van der Waals surface area contributed by atoms with Crippen LogP contribution in [0.4, 0.5) is 0 Å². The van der Waals surface area contributed by atoms with Crippen molar-refractivity contribution in [2.24, 2.45) is 5.73 Å². The first-order chi connectivity index (χ1) is 8.10. The van der Waals surface area contributed by atoms with Crippen molar-refractivity contribution in [2.75, 3.05) is 0 Å². The Morgan fingerprint density at radius 3 is 1.72 bits per heavy atom. The summed E-state index contributed by atoms with van der Waals surface area (Å²) in [5, 5.41) is 3.58. The molecule has 2 rings (SSSR count). The molecule has 5 heteroatoms. The molecule has 0 saturated carbocycles. The van der Waals surface area contributed by atoms with Crippen LogP contribution in [0.1, 0.15) is 40.5 Å². The van der Waals surface area contributed by atoms with Gasteiger partial charge in [0.05, 0.1) is 0 Å². The molecule has 0 bridgehead atoms. The van der Waals surface area contributed by atoms with Crippen LogP contribution in [0.3, 0.4) is 0 Å². The van der Waals surface area contributed by atoms with Crippen LogP contribution in [-0.2, 0) is 14.3 Å². The summed E-state index contributed by atoms with van der Waals surface area (Å²) in [5.41, 5.74) is 6.36. The molecule has 1 fully saturated rings. The normalized spacial score (nSPS) is 25.4. The molecule has 2 aliphatic rings. The lowest BCUT2D eigenvalue weighted by Gasteiger charge is -2.45. The van der Waals surface area contributed by atoms with Crippen LogP contribution in [0.25, 0.3) is 0 Å². The average Bonchev–Trinajstić information content (AvgIpc) is 2.43. The van der Waals surface area contributed by atoms with Crippen LogP contribution >= 0.6 is 0 Å². The Balaban J connectivity index is 0.000000199. The summed E-state index contributed by atoms with van der Waals surface area (Å²) in [6, 6.07) is 0.362. The molecular formula is C13H22N2O3. The number of ether oxygens (including phenoxy) is 1. The molecule has 0 spiro atoms. The Morgan fingerprint density at radius 1 is 1.11 bits per heavy atom. The fourth-order valence-electron chi connectivity index (χ4n) is 2.70. The topological polar surface area (TPSA) is 81.4 Å². The highest BCUT2D eigenvalue weighted by molar-refractivity contribution is 6.04. The van der Waals surface area contributed by atoms with Crippen molar-refractivity contribution in [3.63, 3.8) is 0 Å². The van der Waals surface area contributed by atoms with Gasteiger partial charge in [-0.05, 0) is 40.5 Å². The molecule has 0 aliphatic carbocycles. The number of cyclic esters (lactones) is 2. The third kappa shape index (κ3) is 4.98. The zero-order chi connectivity index (χ0) is 14.0. The van der Waals surface area contributed by atoms with Crippen molar-refractivity contribution in [1.82, 2.24) is 5.32 Å². The van der Waals surface area contributed by atoms with Gasteiger partial charge < -0.3 is 15.8 Å². The van der Waals surface area contributed by atoms with Crippen molar-refractivity contribution in [2.45, 2.75) is 57.7 Å². The van der Waals surface area contributed by atoms with E-state index >= 15 is 0 Å². The highest BCUT2D eigenvalue weighted by atomic mass is 16.6. The minimum absolute atomic E-state index is 0.209. The molecule has 5 nitrogen and oxygen atoms in total. The first kappa shape index (κ1) is 14.9. The Morgan fingerprint density at radius 2 is 1.50 bits per heavy atom. The summed E-state index contributed by atoms with van der Waals surface area (Å²) >= 11 is 0. The van der Waals surface area contributed by atoms with Gasteiger partial charge in [0.2, 0.25) is 0 Å². The van der Waals surface area contributed by atoms with Crippen molar-refractivity contribution in [3.8, 4) is 0 Å². The lowest BCUT2D eigenvalue weighted by atomic mass is 9.80. The lowest BCUT2D eigenvalue weighted by Crippen LogP contribution is -2.60. The summed E-state index contributed by atoms with van der Waals surface area (Å²) in [4.78, 5) is 19.8. The van der Waals surface area contributed by atoms with Crippen LogP contribution in [0, 0.1) is 0 Å². The van der Waals surface area contributed by atoms with E-state index in [1.54, 1.807) is 0 Å². The third-order valence-electron chi connectivity index (χ3n) is 2.78. The van der Waals surface area contributed by atoms with Crippen LogP contribution in [0.15, 0.2) is 12.2 Å². The number of rotatable bonds is 0. The van der Waals surface area contributed by atoms with Crippen molar-refractivity contribution >= 4 is 11.9 Å². The number of nitrogens with one attached hydrogen (secondary N) is 1. The van der Waals surface area contributed by atoms with Crippen LogP contribution in [-0.4, -0.2) is 29.1 Å². The molecule has 2 heterocycles. The Kier molecular flexibility index (Phi) is 4.29. The maximum atomic E-state index is 9.92. The third-order valence-corrected chi connectivity index (χ3v) is 2.78. The summed E-state index contributed by atoms with van der Waals surface area (Å²) in [6.07, 6.45) is 4.33. The number of nitrogens with two attached hydrogens (primary N) is 1. The van der Waals surface area contributed by atoms with E-state index in [2.05, 4.69) is 37.7 Å². The molecule has 102 valence electrons. The van der Waals surface area contributed by atoms with Gasteiger partial charge in [-0.2, -0.15) is 0 Å². The van der Waals surface area contributed by atoms with Gasteiger partial charge in [-0.25, -0.2) is 9.59 Å². The number of carbonyl (C=O) groups is 2. The standard InChI is InChI=1S/C9H20N2.C4H2O3/c1-8(2)5-7(10)6-9(3,4)11-8;5-3-1-2-4(6)7-3/h7,11H,5-6,10H2,1-4H3;1-2H. The fourth-order valence-corrected chi connectivity index (χ4v) is 2.70. The van der Waals surface area contributed by atoms with Gasteiger partial charge in [-0.3, -0.25) is 0 Å². The summed E-state index contributed by atoms with van der Waals surface area (Å²) in [5.74, 6) is -1.16. The Bertz CT molecular complexity index is 340. The zero-order valence-electron chi connectivity index (χ0n) is 11.4. The van der Waals surface area contributed by atoms with Gasteiger partial charge >= 0.3 is 11.9 Å². The molecule has 0 unspecified atom stereocenters. The second-order valence-corrected chi connectivity index (χ2v) is 6.13. The van der Waals surface area contributed by atoms with E-state index in [0.29, 0.717) is 6.04 Å². The molecule has 0 amide bonds. The molecule has 0 aromatic carbocycles. The molecule has 1 saturated heterocycles. The monoisotopic (exact) mass is 254 g/mol. The second kappa shape index (κ2) is 5.20. The van der Waals surface area contributed by atoms with Gasteiger partial charge in [-0.1, -0.05) is 0 Å². The summed E-state index contributed by atoms with van der Waals surface area (Å²) in [7, 11) is 0. The Hall–Kier alpha value is -1.20. The van der Waals surface area contributed by atoms with Gasteiger partial charge in [0, 0.05) is 29.3 Å². The van der Waals surface area contributed by atoms with Crippen LogP contribution < -0.4 is 11.1 Å². The SMILES string of the molecule is CC1(C)CC(N)CC(C)(C)N1.O=C1C=CC(=O)O1. The number of esters is 2. The molecule has 0 atom stereocenters. The van der Waals surface area contributed by atoms with E-state index in [-0.39, 0.29) is 11.1 Å². The van der Waals surface area contributed by atoms with Gasteiger partial charge in [0.15, 0.2) is 0 Å². The second-order valence-electron chi connectivity index (χ2n) is 6.13. The molecule has 0 aromatic rings. The predicted molar refractivity (Wildman–Crippen MR) is 68.7 cm³/mol. The van der Waals surface area contributed by atoms with Crippen molar-refractivity contribution in [3.05, 3.63) is 12.2 Å². The molecule has 18 heavy (non-hydrogen) atoms. The maximum Gasteiger partial charge on any atom is 0.338 e. The highest BCUT2D eigenvalue weighted by Gasteiger charge is 2.35. The molecule has 2 aliphatic heterocycles. The Labute approximate surface area is 108 Å². The maximum absolute atomic E-state index is 9.92. The highest BCUT2D eigenvalue weighted by Crippen LogP contribution is 2.26. The van der Waals surface area contributed by atoms with E-state index in [1.165, 1.54) is 0 Å². The van der Waals surface area contributed by atoms with Crippen LogP contribution in [0.2, 0.25) is 0 Å². The van der Waals surface area contributed by atoms with Gasteiger partial charge in [-0.15, -0.1) is 0 Å². The van der Waals surface area contributed by atoms with E-state index in [4.69, 9.17) is 5.73 Å². The predicted octanol–water partition coefficient (Wildman–Crippen LogP) is 0.880. The van der Waals surface area contributed by atoms with Crippen molar-refractivity contribution in [1.29, 1.82) is 0 Å². The number of piperidine rings is 1. The lowest BCUT2D eigenvalue weighted by molar-refractivity contribution is -0.150. The minimum Gasteiger partial charge on any atom is -0.387 e. The van der Waals surface area contributed by atoms with Crippen LogP contribution in [0.5, 0.6) is 0 Å². The van der Waals surface area contributed by atoms with E-state index in [1.807, 2.05) is 0 Å². The average molecular weight is 254 g/mol. The number of carbonyl (C=O) groups excluding carboxylic acids is 2. The first-order valence-corrected chi connectivity index (χ1v) is 6.08. The molecule has 0 radical (unpaired) electrons. The molecule has 0 aromatic heterocycles. The molecule has 3 N–H and O–H groups in total. The minimum atomic E-state index is -0.579. The number of hydrogen-bond donors (Lipinski definition) is 2. The van der Waals surface area contributed by atoms with E-state index < -0.39 is 11.9 Å². The quantitative estimate of drug-likeness (QED) is 0.495. The molecular weight excluding hydrogens is 232 g/mol. The summed E-state index contributed by atoms with van der Waals surface area (Å²) in [6.45, 7) is 8.86. The first-order valence-electron chi connectivity index (χ1n) is 6.08. The van der Waals surface area contributed by atoms with Crippen molar-refractivity contribution < 1.29 is 14.3 Å².